The number of oxime groups is 1. The number of amidine groups is 1. The molecule has 16 heavy (non-hydrogen) atoms. The minimum absolute atomic E-state index is 0.114. The molecule has 1 unspecified atom stereocenters. The number of hydrogen-bond acceptors (Lipinski definition) is 3. The Labute approximate surface area is 95.5 Å². The molecule has 0 aromatic heterocycles. The van der Waals surface area contributed by atoms with Crippen LogP contribution in [-0.4, -0.2) is 41.1 Å². The lowest BCUT2D eigenvalue weighted by Gasteiger charge is -2.23. The van der Waals surface area contributed by atoms with Gasteiger partial charge in [-0.25, -0.2) is 4.79 Å². The quantitative estimate of drug-likeness (QED) is 0.217. The van der Waals surface area contributed by atoms with E-state index in [4.69, 9.17) is 10.9 Å². The lowest BCUT2D eigenvalue weighted by molar-refractivity contribution is 0.201. The standard InChI is InChI=1S/C10H20N4O2/c1-2-3-6-12-10(15)14-7-4-5-8(14)9(11)13-16/h8,16H,2-7H2,1H3,(H2,11,13)(H,12,15). The van der Waals surface area contributed by atoms with Gasteiger partial charge in [-0.1, -0.05) is 18.5 Å². The van der Waals surface area contributed by atoms with Crippen LogP contribution in [0.5, 0.6) is 0 Å². The van der Waals surface area contributed by atoms with Crippen molar-refractivity contribution in [2.75, 3.05) is 13.1 Å². The molecule has 92 valence electrons. The average molecular weight is 228 g/mol. The van der Waals surface area contributed by atoms with E-state index in [1.165, 1.54) is 0 Å². The highest BCUT2D eigenvalue weighted by Crippen LogP contribution is 2.17. The molecule has 4 N–H and O–H groups in total. The lowest BCUT2D eigenvalue weighted by Crippen LogP contribution is -2.48. The highest BCUT2D eigenvalue weighted by molar-refractivity contribution is 5.90. The van der Waals surface area contributed by atoms with Gasteiger partial charge < -0.3 is 21.2 Å². The van der Waals surface area contributed by atoms with Gasteiger partial charge in [-0.2, -0.15) is 0 Å². The number of amides is 2. The summed E-state index contributed by atoms with van der Waals surface area (Å²) in [6.07, 6.45) is 3.66. The smallest absolute Gasteiger partial charge is 0.318 e. The van der Waals surface area contributed by atoms with Crippen LogP contribution < -0.4 is 11.1 Å². The van der Waals surface area contributed by atoms with Crippen LogP contribution in [0.3, 0.4) is 0 Å². The minimum atomic E-state index is -0.258. The molecular weight excluding hydrogens is 208 g/mol. The van der Waals surface area contributed by atoms with Gasteiger partial charge in [0, 0.05) is 13.1 Å². The Balaban J connectivity index is 2.48. The molecule has 0 aromatic carbocycles. The maximum atomic E-state index is 11.8. The Morgan fingerprint density at radius 3 is 3.06 bits per heavy atom. The van der Waals surface area contributed by atoms with Gasteiger partial charge in [0.25, 0.3) is 0 Å². The number of likely N-dealkylation sites (tertiary alicyclic amines) is 1. The van der Waals surface area contributed by atoms with Crippen LogP contribution in [0.25, 0.3) is 0 Å². The fourth-order valence-corrected chi connectivity index (χ4v) is 1.86. The Morgan fingerprint density at radius 1 is 1.69 bits per heavy atom. The molecule has 6 heteroatoms. The normalized spacial score (nSPS) is 21.2. The number of unbranched alkanes of at least 4 members (excludes halogenated alkanes) is 1. The van der Waals surface area contributed by atoms with Crippen LogP contribution in [0.4, 0.5) is 4.79 Å². The topological polar surface area (TPSA) is 91.0 Å². The van der Waals surface area contributed by atoms with E-state index >= 15 is 0 Å². The molecule has 2 amide bonds. The fourth-order valence-electron chi connectivity index (χ4n) is 1.86. The molecule has 1 aliphatic heterocycles. The predicted octanol–water partition coefficient (Wildman–Crippen LogP) is 0.707. The molecule has 1 rings (SSSR count). The Bertz CT molecular complexity index is 268. The van der Waals surface area contributed by atoms with Crippen molar-refractivity contribution in [2.45, 2.75) is 38.6 Å². The number of nitrogens with two attached hydrogens (primary N) is 1. The van der Waals surface area contributed by atoms with Crippen molar-refractivity contribution < 1.29 is 10.0 Å². The first-order valence-electron chi connectivity index (χ1n) is 5.72. The molecule has 0 spiro atoms. The molecule has 0 bridgehead atoms. The fraction of sp³-hybridized carbons (Fsp3) is 0.800. The maximum absolute atomic E-state index is 11.8. The first kappa shape index (κ1) is 12.6. The van der Waals surface area contributed by atoms with Crippen LogP contribution in [0.2, 0.25) is 0 Å². The van der Waals surface area contributed by atoms with Gasteiger partial charge in [0.15, 0.2) is 5.84 Å². The largest absolute Gasteiger partial charge is 0.409 e. The molecule has 1 fully saturated rings. The molecule has 6 nitrogen and oxygen atoms in total. The van der Waals surface area contributed by atoms with E-state index in [2.05, 4.69) is 17.4 Å². The Hall–Kier alpha value is -1.46. The summed E-state index contributed by atoms with van der Waals surface area (Å²) in [6.45, 7) is 3.41. The van der Waals surface area contributed by atoms with Crippen molar-refractivity contribution in [1.82, 2.24) is 10.2 Å². The number of nitrogens with one attached hydrogen (secondary N) is 1. The molecule has 0 saturated carbocycles. The van der Waals surface area contributed by atoms with E-state index in [0.29, 0.717) is 13.1 Å². The third-order valence-corrected chi connectivity index (χ3v) is 2.78. The van der Waals surface area contributed by atoms with Crippen LogP contribution in [0, 0.1) is 0 Å². The number of rotatable bonds is 4. The highest BCUT2D eigenvalue weighted by atomic mass is 16.4. The van der Waals surface area contributed by atoms with E-state index in [0.717, 1.165) is 25.7 Å². The van der Waals surface area contributed by atoms with E-state index < -0.39 is 0 Å². The average Bonchev–Trinajstić information content (AvgIpc) is 2.77. The van der Waals surface area contributed by atoms with Gasteiger partial charge in [0.2, 0.25) is 0 Å². The van der Waals surface area contributed by atoms with Crippen LogP contribution >= 0.6 is 0 Å². The second-order valence-corrected chi connectivity index (χ2v) is 3.96. The van der Waals surface area contributed by atoms with Crippen molar-refractivity contribution in [1.29, 1.82) is 0 Å². The summed E-state index contributed by atoms with van der Waals surface area (Å²) in [6, 6.07) is -0.380. The molecule has 1 heterocycles. The SMILES string of the molecule is CCCCNC(=O)N1CCCC1C(N)=NO. The molecule has 1 atom stereocenters. The van der Waals surface area contributed by atoms with Crippen molar-refractivity contribution in [3.8, 4) is 0 Å². The third kappa shape index (κ3) is 3.01. The molecule has 0 aliphatic carbocycles. The molecule has 0 aromatic rings. The molecule has 1 saturated heterocycles. The van der Waals surface area contributed by atoms with Crippen molar-refractivity contribution in [3.05, 3.63) is 0 Å². The van der Waals surface area contributed by atoms with E-state index in [9.17, 15) is 4.79 Å². The van der Waals surface area contributed by atoms with Crippen LogP contribution in [-0.2, 0) is 0 Å². The zero-order chi connectivity index (χ0) is 12.0. The lowest BCUT2D eigenvalue weighted by atomic mass is 10.2. The van der Waals surface area contributed by atoms with Crippen molar-refractivity contribution in [3.63, 3.8) is 0 Å². The van der Waals surface area contributed by atoms with E-state index in [1.54, 1.807) is 4.90 Å². The van der Waals surface area contributed by atoms with Crippen molar-refractivity contribution in [2.24, 2.45) is 10.9 Å². The van der Waals surface area contributed by atoms with Gasteiger partial charge in [-0.05, 0) is 19.3 Å². The van der Waals surface area contributed by atoms with E-state index in [1.807, 2.05) is 0 Å². The van der Waals surface area contributed by atoms with Crippen LogP contribution in [0.1, 0.15) is 32.6 Å². The van der Waals surface area contributed by atoms with Crippen LogP contribution in [0.15, 0.2) is 5.16 Å². The summed E-state index contributed by atoms with van der Waals surface area (Å²) >= 11 is 0. The number of urea groups is 1. The Morgan fingerprint density at radius 2 is 2.44 bits per heavy atom. The summed E-state index contributed by atoms with van der Waals surface area (Å²) in [4.78, 5) is 13.4. The zero-order valence-corrected chi connectivity index (χ0v) is 9.65. The summed E-state index contributed by atoms with van der Waals surface area (Å²) in [7, 11) is 0. The predicted molar refractivity (Wildman–Crippen MR) is 61.4 cm³/mol. The van der Waals surface area contributed by atoms with E-state index in [-0.39, 0.29) is 17.9 Å². The first-order valence-corrected chi connectivity index (χ1v) is 5.72. The Kier molecular flexibility index (Phi) is 4.88. The molecule has 0 radical (unpaired) electrons. The van der Waals surface area contributed by atoms with Gasteiger partial charge in [0.1, 0.15) is 0 Å². The van der Waals surface area contributed by atoms with Crippen molar-refractivity contribution >= 4 is 11.9 Å². The molecule has 1 aliphatic rings. The van der Waals surface area contributed by atoms with Gasteiger partial charge in [-0.15, -0.1) is 0 Å². The number of hydrogen-bond donors (Lipinski definition) is 3. The summed E-state index contributed by atoms with van der Waals surface area (Å²) in [5.74, 6) is 0.114. The number of nitrogens with zero attached hydrogens (tertiary/aromatic N) is 2. The number of carbonyl (C=O) groups excluding carboxylic acids is 1. The zero-order valence-electron chi connectivity index (χ0n) is 9.65. The summed E-state index contributed by atoms with van der Waals surface area (Å²) in [5, 5.41) is 14.4. The summed E-state index contributed by atoms with van der Waals surface area (Å²) in [5.41, 5.74) is 5.54. The van der Waals surface area contributed by atoms with Gasteiger partial charge >= 0.3 is 6.03 Å². The second kappa shape index (κ2) is 6.19. The molecular formula is C10H20N4O2. The first-order chi connectivity index (χ1) is 7.70. The summed E-state index contributed by atoms with van der Waals surface area (Å²) < 4.78 is 0. The van der Waals surface area contributed by atoms with Gasteiger partial charge in [0.05, 0.1) is 6.04 Å². The maximum Gasteiger partial charge on any atom is 0.318 e. The minimum Gasteiger partial charge on any atom is -0.409 e. The monoisotopic (exact) mass is 228 g/mol. The number of carbonyl (C=O) groups is 1. The van der Waals surface area contributed by atoms with Gasteiger partial charge in [-0.3, -0.25) is 0 Å². The second-order valence-electron chi connectivity index (χ2n) is 3.96. The third-order valence-electron chi connectivity index (χ3n) is 2.78. The highest BCUT2D eigenvalue weighted by Gasteiger charge is 2.31.